The lowest BCUT2D eigenvalue weighted by molar-refractivity contribution is -0.286. The normalized spacial score (nSPS) is 14.7. The lowest BCUT2D eigenvalue weighted by Gasteiger charge is -2.12. The van der Waals surface area contributed by atoms with E-state index in [4.69, 9.17) is 5.26 Å². The number of alkyl halides is 5. The van der Waals surface area contributed by atoms with Crippen molar-refractivity contribution in [2.75, 3.05) is 0 Å². The number of nitrogens with one attached hydrogen (secondary N) is 1. The van der Waals surface area contributed by atoms with Crippen molar-refractivity contribution in [2.24, 2.45) is 0 Å². The van der Waals surface area contributed by atoms with Crippen molar-refractivity contribution in [1.29, 1.82) is 5.26 Å². The summed E-state index contributed by atoms with van der Waals surface area (Å²) in [5.74, 6) is -0.537. The zero-order valence-electron chi connectivity index (χ0n) is 13.5. The number of hydrogen-bond acceptors (Lipinski definition) is 5. The van der Waals surface area contributed by atoms with Gasteiger partial charge in [-0.05, 0) is 41.5 Å². The van der Waals surface area contributed by atoms with Gasteiger partial charge in [-0.3, -0.25) is 0 Å². The number of aromatic nitrogens is 3. The lowest BCUT2D eigenvalue weighted by atomic mass is 9.97. The first-order chi connectivity index (χ1) is 13.2. The number of ether oxygens (including phenoxy) is 2. The number of nitrogens with zero attached hydrogens (tertiary/aromatic N) is 3. The number of aromatic amines is 1. The first-order valence-corrected chi connectivity index (χ1v) is 7.60. The van der Waals surface area contributed by atoms with Gasteiger partial charge in [-0.25, -0.2) is 5.10 Å². The molecule has 6 nitrogen and oxygen atoms in total. The van der Waals surface area contributed by atoms with E-state index in [0.29, 0.717) is 0 Å². The average Bonchev–Trinajstić information content (AvgIpc) is 3.21. The predicted molar refractivity (Wildman–Crippen MR) is 83.2 cm³/mol. The lowest BCUT2D eigenvalue weighted by Crippen LogP contribution is -2.25. The van der Waals surface area contributed by atoms with Crippen molar-refractivity contribution in [1.82, 2.24) is 15.4 Å². The Morgan fingerprint density at radius 2 is 1.68 bits per heavy atom. The molecule has 0 radical (unpaired) electrons. The molecule has 142 valence electrons. The van der Waals surface area contributed by atoms with Gasteiger partial charge in [0.15, 0.2) is 17.2 Å². The van der Waals surface area contributed by atoms with Gasteiger partial charge in [0.1, 0.15) is 11.8 Å². The Bertz CT molecular complexity index is 1120. The number of fused-ring (bicyclic) bond motifs is 1. The van der Waals surface area contributed by atoms with Gasteiger partial charge in [0.25, 0.3) is 0 Å². The molecule has 0 bridgehead atoms. The zero-order valence-corrected chi connectivity index (χ0v) is 13.5. The summed E-state index contributed by atoms with van der Waals surface area (Å²) < 4.78 is 75.1. The Morgan fingerprint density at radius 1 is 0.964 bits per heavy atom. The first kappa shape index (κ1) is 17.7. The monoisotopic (exact) mass is 394 g/mol. The van der Waals surface area contributed by atoms with Gasteiger partial charge >= 0.3 is 12.5 Å². The van der Waals surface area contributed by atoms with E-state index in [0.717, 1.165) is 18.2 Å². The van der Waals surface area contributed by atoms with E-state index in [2.05, 4.69) is 24.9 Å². The molecular formula is C17H7F5N4O2. The molecule has 0 amide bonds. The molecule has 0 unspecified atom stereocenters. The van der Waals surface area contributed by atoms with E-state index in [1.807, 2.05) is 0 Å². The minimum absolute atomic E-state index is 0.0156. The second kappa shape index (κ2) is 5.91. The highest BCUT2D eigenvalue weighted by Gasteiger charge is 2.43. The second-order valence-corrected chi connectivity index (χ2v) is 5.77. The van der Waals surface area contributed by atoms with Crippen LogP contribution in [0.2, 0.25) is 0 Å². The van der Waals surface area contributed by atoms with E-state index < -0.39 is 18.0 Å². The second-order valence-electron chi connectivity index (χ2n) is 5.77. The average molecular weight is 394 g/mol. The largest absolute Gasteiger partial charge is 0.586 e. The highest BCUT2D eigenvalue weighted by molar-refractivity contribution is 5.76. The summed E-state index contributed by atoms with van der Waals surface area (Å²) in [7, 11) is 0. The van der Waals surface area contributed by atoms with Gasteiger partial charge in [-0.1, -0.05) is 11.3 Å². The topological polar surface area (TPSA) is 83.8 Å². The van der Waals surface area contributed by atoms with Crippen molar-refractivity contribution < 1.29 is 31.4 Å². The zero-order chi connectivity index (χ0) is 20.1. The molecule has 0 aliphatic carbocycles. The quantitative estimate of drug-likeness (QED) is 0.654. The van der Waals surface area contributed by atoms with Gasteiger partial charge in [0.05, 0.1) is 5.56 Å². The Morgan fingerprint density at radius 3 is 2.39 bits per heavy atom. The fourth-order valence-electron chi connectivity index (χ4n) is 2.73. The molecule has 1 aliphatic heterocycles. The van der Waals surface area contributed by atoms with Gasteiger partial charge in [0.2, 0.25) is 0 Å². The maximum absolute atomic E-state index is 13.4. The summed E-state index contributed by atoms with van der Waals surface area (Å²) in [5, 5.41) is 18.4. The fourth-order valence-corrected chi connectivity index (χ4v) is 2.73. The van der Waals surface area contributed by atoms with Crippen molar-refractivity contribution >= 4 is 0 Å². The summed E-state index contributed by atoms with van der Waals surface area (Å²) in [6, 6.07) is 8.39. The van der Waals surface area contributed by atoms with Crippen molar-refractivity contribution in [3.8, 4) is 40.0 Å². The van der Waals surface area contributed by atoms with Crippen LogP contribution in [0.3, 0.4) is 0 Å². The van der Waals surface area contributed by atoms with Crippen LogP contribution in [0.15, 0.2) is 36.4 Å². The fraction of sp³-hybridized carbons (Fsp3) is 0.118. The molecule has 11 heteroatoms. The van der Waals surface area contributed by atoms with Gasteiger partial charge < -0.3 is 9.47 Å². The van der Waals surface area contributed by atoms with Crippen molar-refractivity contribution in [3.63, 3.8) is 0 Å². The summed E-state index contributed by atoms with van der Waals surface area (Å²) in [5.41, 5.74) is -0.974. The number of rotatable bonds is 2. The predicted octanol–water partition coefficient (Wildman–Crippen LogP) is 4.35. The van der Waals surface area contributed by atoms with Gasteiger partial charge in [0, 0.05) is 5.56 Å². The molecule has 0 saturated heterocycles. The van der Waals surface area contributed by atoms with Crippen LogP contribution in [0.25, 0.3) is 22.4 Å². The van der Waals surface area contributed by atoms with E-state index in [9.17, 15) is 22.0 Å². The Labute approximate surface area is 153 Å². The minimum atomic E-state index is -4.69. The molecule has 2 heterocycles. The van der Waals surface area contributed by atoms with E-state index in [-0.39, 0.29) is 39.6 Å². The number of H-pyrrole nitrogens is 1. The minimum Gasteiger partial charge on any atom is -0.395 e. The van der Waals surface area contributed by atoms with Crippen LogP contribution in [0, 0.1) is 11.3 Å². The van der Waals surface area contributed by atoms with E-state index in [1.54, 1.807) is 6.07 Å². The van der Waals surface area contributed by atoms with Crippen LogP contribution in [0.1, 0.15) is 11.3 Å². The molecule has 0 saturated carbocycles. The van der Waals surface area contributed by atoms with E-state index >= 15 is 0 Å². The number of hydrogen-bond donors (Lipinski definition) is 1. The third-order valence-corrected chi connectivity index (χ3v) is 3.93. The molecule has 0 fully saturated rings. The maximum Gasteiger partial charge on any atom is 0.586 e. The summed E-state index contributed by atoms with van der Waals surface area (Å²) in [6.45, 7) is 0. The van der Waals surface area contributed by atoms with Crippen molar-refractivity contribution in [2.45, 2.75) is 12.5 Å². The number of nitriles is 1. The molecule has 4 rings (SSSR count). The molecule has 1 N–H and O–H groups in total. The molecule has 1 aromatic heterocycles. The third kappa shape index (κ3) is 3.09. The molecule has 1 aliphatic rings. The Balaban J connectivity index is 1.86. The van der Waals surface area contributed by atoms with Crippen LogP contribution in [0.5, 0.6) is 11.5 Å². The highest BCUT2D eigenvalue weighted by atomic mass is 19.4. The van der Waals surface area contributed by atoms with Crippen molar-refractivity contribution in [3.05, 3.63) is 47.7 Å². The summed E-state index contributed by atoms with van der Waals surface area (Å²) in [4.78, 5) is 0. The van der Waals surface area contributed by atoms with E-state index in [1.165, 1.54) is 18.2 Å². The molecule has 2 aromatic carbocycles. The van der Waals surface area contributed by atoms with Crippen LogP contribution < -0.4 is 9.47 Å². The smallest absolute Gasteiger partial charge is 0.395 e. The third-order valence-electron chi connectivity index (χ3n) is 3.93. The highest BCUT2D eigenvalue weighted by Crippen LogP contribution is 2.44. The number of benzene rings is 2. The number of halogens is 5. The Kier molecular flexibility index (Phi) is 3.74. The summed E-state index contributed by atoms with van der Waals surface area (Å²) in [6.07, 6.45) is -8.53. The standard InChI is InChI=1S/C17H7F5N4O2/c18-16(19,20)11-4-9(3-10(5-11)15-12(7-23)24-26-25-15)8-1-2-13-14(6-8)28-17(21,22)27-13/h1-6H,(H,24,25,26). The SMILES string of the molecule is N#Cc1[nH]nnc1-c1cc(-c2ccc3c(c2)OC(F)(F)O3)cc(C(F)(F)F)c1. The maximum atomic E-state index is 13.4. The van der Waals surface area contributed by atoms with Gasteiger partial charge in [-0.2, -0.15) is 18.4 Å². The molecular weight excluding hydrogens is 387 g/mol. The first-order valence-electron chi connectivity index (χ1n) is 7.60. The summed E-state index contributed by atoms with van der Waals surface area (Å²) >= 11 is 0. The molecule has 28 heavy (non-hydrogen) atoms. The van der Waals surface area contributed by atoms with Crippen LogP contribution in [-0.2, 0) is 6.18 Å². The van der Waals surface area contributed by atoms with Crippen LogP contribution >= 0.6 is 0 Å². The molecule has 3 aromatic rings. The van der Waals surface area contributed by atoms with Gasteiger partial charge in [-0.15, -0.1) is 13.9 Å². The Hall–Kier alpha value is -3.68. The van der Waals surface area contributed by atoms with Crippen LogP contribution in [0.4, 0.5) is 22.0 Å². The van der Waals surface area contributed by atoms with Crippen LogP contribution in [-0.4, -0.2) is 21.7 Å². The molecule has 0 spiro atoms. The molecule has 0 atom stereocenters.